The highest BCUT2D eigenvalue weighted by atomic mass is 35.5. The van der Waals surface area contributed by atoms with Gasteiger partial charge in [0.25, 0.3) is 0 Å². The van der Waals surface area contributed by atoms with Gasteiger partial charge in [-0.25, -0.2) is 41.5 Å². The third-order valence-electron chi connectivity index (χ3n) is 12.1. The van der Waals surface area contributed by atoms with Crippen LogP contribution in [0.5, 0.6) is 0 Å². The Morgan fingerprint density at radius 3 is 1.15 bits per heavy atom. The van der Waals surface area contributed by atoms with Crippen molar-refractivity contribution < 1.29 is 92.1 Å². The zero-order valence-corrected chi connectivity index (χ0v) is 61.1. The molecule has 0 aliphatic carbocycles. The van der Waals surface area contributed by atoms with Crippen LogP contribution in [0.15, 0.2) is 159 Å². The van der Waals surface area contributed by atoms with Crippen molar-refractivity contribution >= 4 is 186 Å². The largest absolute Gasteiger partial charge is 0.471 e. The number of pyridine rings is 6. The molecular weight excluding hydrogens is 1590 g/mol. The highest BCUT2D eigenvalue weighted by Gasteiger charge is 2.39. The van der Waals surface area contributed by atoms with Crippen LogP contribution < -0.4 is 33.2 Å². The minimum atomic E-state index is -4.96. The number of nitrogens with two attached hydrogens (primary N) is 3. The molecule has 588 valence electrons. The van der Waals surface area contributed by atoms with Gasteiger partial charge < -0.3 is 42.0 Å². The molecule has 0 saturated carbocycles. The molecule has 0 aliphatic heterocycles. The number of aromatic nitrogens is 12. The lowest BCUT2D eigenvalue weighted by Gasteiger charge is -2.19. The zero-order chi connectivity index (χ0) is 81.1. The van der Waals surface area contributed by atoms with E-state index in [4.69, 9.17) is 106 Å². The molecule has 3 amide bonds. The fourth-order valence-electron chi connectivity index (χ4n) is 7.83. The Morgan fingerprint density at radius 1 is 0.450 bits per heavy atom. The minimum Gasteiger partial charge on any atom is -0.462 e. The summed E-state index contributed by atoms with van der Waals surface area (Å²) in [7, 11) is 0. The number of fused-ring (bicyclic) bond motifs is 6. The van der Waals surface area contributed by atoms with Gasteiger partial charge in [0.15, 0.2) is 12.6 Å². The molecule has 0 radical (unpaired) electrons. The second-order valence-electron chi connectivity index (χ2n) is 20.8. The van der Waals surface area contributed by atoms with E-state index in [0.29, 0.717) is 68.7 Å². The van der Waals surface area contributed by atoms with Crippen molar-refractivity contribution in [2.24, 2.45) is 0 Å². The number of nitrogens with one attached hydrogen (secondary N) is 3. The second-order valence-corrected chi connectivity index (χ2v) is 23.3. The fraction of sp³-hybridized carbons (Fsp3) is 0.231. The third-order valence-corrected chi connectivity index (χ3v) is 12.1. The molecule has 0 atom stereocenters. The van der Waals surface area contributed by atoms with Gasteiger partial charge in [0.05, 0.1) is 98.2 Å². The minimum absolute atomic E-state index is 0. The molecule has 0 aliphatic rings. The topological polar surface area (TPSA) is 382 Å². The van der Waals surface area contributed by atoms with Crippen molar-refractivity contribution in [1.29, 1.82) is 0 Å². The Bertz CT molecular complexity index is 4910. The maximum absolute atomic E-state index is 12.0. The number of carbonyl (C=O) groups is 8. The number of nitrogen functional groups attached to an aromatic ring is 3. The van der Waals surface area contributed by atoms with Crippen molar-refractivity contribution in [2.75, 3.05) is 62.4 Å². The molecule has 12 rings (SSSR count). The van der Waals surface area contributed by atoms with Gasteiger partial charge in [-0.15, -0.1) is 69.6 Å². The van der Waals surface area contributed by atoms with Crippen LogP contribution in [0.4, 0.5) is 78.4 Å². The SMILES string of the molecule is C.CCOC(=O)c1cnn2ccc(N)cc12.CCOC(=O)c1cnn2ccc(NC(=O)OC(C)(C)C)cc12.ClCCl.ClCCl.ClCCl.Nc1ccn2ncc(C=O)c2c1.Nc1ccn2nccc2c1.O=C(Nc1ccn2nccc2c1)C(F)(F)F.O=CC(F)(F)F.O=Cc1cnn2ccc(NC(=O)C(F)(F)F)cc12. The predicted molar refractivity (Wildman–Crippen MR) is 395 cm³/mol. The van der Waals surface area contributed by atoms with E-state index >= 15 is 0 Å². The first kappa shape index (κ1) is 93.9. The van der Waals surface area contributed by atoms with Crippen LogP contribution in [0.2, 0.25) is 0 Å². The summed E-state index contributed by atoms with van der Waals surface area (Å²) < 4.78 is 128. The van der Waals surface area contributed by atoms with Crippen molar-refractivity contribution in [1.82, 2.24) is 57.7 Å². The molecule has 12 aromatic heterocycles. The summed E-state index contributed by atoms with van der Waals surface area (Å²) in [5.74, 6) is -4.89. The number of amides is 3. The van der Waals surface area contributed by atoms with Crippen LogP contribution >= 0.6 is 69.6 Å². The van der Waals surface area contributed by atoms with E-state index in [-0.39, 0.29) is 53.0 Å². The monoisotopic (exact) mass is 1660 g/mol. The van der Waals surface area contributed by atoms with E-state index in [0.717, 1.165) is 23.0 Å². The first-order chi connectivity index (χ1) is 50.9. The number of anilines is 6. The molecule has 12 aromatic rings. The predicted octanol–water partition coefficient (Wildman–Crippen LogP) is 14.7. The smallest absolute Gasteiger partial charge is 0.462 e. The number of halogens is 15. The van der Waals surface area contributed by atoms with Crippen molar-refractivity contribution in [2.45, 2.75) is 66.2 Å². The van der Waals surface area contributed by atoms with Crippen molar-refractivity contribution in [3.05, 3.63) is 182 Å². The average molecular weight is 1660 g/mol. The molecule has 12 heterocycles. The molecule has 29 nitrogen and oxygen atoms in total. The molecule has 44 heteroatoms. The number of carbonyl (C=O) groups excluding carboxylic acids is 8. The van der Waals surface area contributed by atoms with Gasteiger partial charge in [0.2, 0.25) is 6.29 Å². The van der Waals surface area contributed by atoms with Crippen molar-refractivity contribution in [3.63, 3.8) is 0 Å². The summed E-state index contributed by atoms with van der Waals surface area (Å²) in [6.45, 7) is 9.48. The molecule has 0 saturated heterocycles. The molecule has 0 fully saturated rings. The van der Waals surface area contributed by atoms with Gasteiger partial charge in [-0.3, -0.25) is 29.3 Å². The van der Waals surface area contributed by atoms with E-state index in [9.17, 15) is 73.1 Å². The number of nitrogens with zero attached hydrogens (tertiary/aromatic N) is 12. The van der Waals surface area contributed by atoms with Gasteiger partial charge in [-0.05, 0) is 120 Å². The number of hydrogen-bond donors (Lipinski definition) is 6. The summed E-state index contributed by atoms with van der Waals surface area (Å²) in [6.07, 6.45) is 3.85. The lowest BCUT2D eigenvalue weighted by Crippen LogP contribution is -2.29. The molecule has 0 spiro atoms. The van der Waals surface area contributed by atoms with Gasteiger partial charge in [-0.2, -0.15) is 70.1 Å². The zero-order valence-electron chi connectivity index (χ0n) is 56.5. The third kappa shape index (κ3) is 32.0. The number of esters is 2. The number of hydrogen-bond acceptors (Lipinski definition) is 20. The second kappa shape index (κ2) is 45.5. The summed E-state index contributed by atoms with van der Waals surface area (Å²) >= 11 is 28.6. The molecular formula is C65H67Cl6F9N18O11. The van der Waals surface area contributed by atoms with Gasteiger partial charge in [0, 0.05) is 83.7 Å². The van der Waals surface area contributed by atoms with E-state index in [1.54, 1.807) is 126 Å². The molecule has 9 N–H and O–H groups in total. The summed E-state index contributed by atoms with van der Waals surface area (Å²) in [5.41, 5.74) is 24.1. The van der Waals surface area contributed by atoms with Crippen LogP contribution in [0.3, 0.4) is 0 Å². The summed E-state index contributed by atoms with van der Waals surface area (Å²) in [4.78, 5) is 86.4. The highest BCUT2D eigenvalue weighted by molar-refractivity contribution is 6.41. The van der Waals surface area contributed by atoms with Crippen molar-refractivity contribution in [3.8, 4) is 0 Å². The molecule has 0 bridgehead atoms. The van der Waals surface area contributed by atoms with Crippen LogP contribution in [0.1, 0.15) is 83.5 Å². The first-order valence-corrected chi connectivity index (χ1v) is 33.0. The summed E-state index contributed by atoms with van der Waals surface area (Å²) in [6, 6.07) is 22.6. The maximum atomic E-state index is 12.0. The molecule has 0 aromatic carbocycles. The van der Waals surface area contributed by atoms with Crippen LogP contribution in [-0.2, 0) is 28.6 Å². The highest BCUT2D eigenvalue weighted by Crippen LogP contribution is 2.24. The average Bonchev–Trinajstić information content (AvgIpc) is 1.71. The van der Waals surface area contributed by atoms with Crippen LogP contribution in [-0.4, -0.2) is 160 Å². The number of ether oxygens (including phenoxy) is 3. The van der Waals surface area contributed by atoms with Crippen LogP contribution in [0.25, 0.3) is 33.1 Å². The number of rotatable bonds is 9. The Hall–Kier alpha value is -11.2. The Balaban J connectivity index is 0.000000431. The quantitative estimate of drug-likeness (QED) is 0.0257. The number of aldehydes is 3. The Morgan fingerprint density at radius 2 is 0.761 bits per heavy atom. The van der Waals surface area contributed by atoms with E-state index < -0.39 is 54.3 Å². The normalized spacial score (nSPS) is 10.5. The van der Waals surface area contributed by atoms with Gasteiger partial charge in [-0.1, -0.05) is 7.43 Å². The maximum Gasteiger partial charge on any atom is 0.471 e. The van der Waals surface area contributed by atoms with Gasteiger partial charge >= 0.3 is 48.4 Å². The lowest BCUT2D eigenvalue weighted by molar-refractivity contribution is -0.167. The molecule has 0 unspecified atom stereocenters. The fourth-order valence-corrected chi connectivity index (χ4v) is 7.83. The van der Waals surface area contributed by atoms with E-state index in [1.165, 1.54) is 81.2 Å². The lowest BCUT2D eigenvalue weighted by atomic mass is 10.2. The molecule has 109 heavy (non-hydrogen) atoms. The summed E-state index contributed by atoms with van der Waals surface area (Å²) in [5, 5.41) is 30.4. The van der Waals surface area contributed by atoms with E-state index in [2.05, 4.69) is 35.9 Å². The van der Waals surface area contributed by atoms with Gasteiger partial charge in [0.1, 0.15) is 16.7 Å². The first-order valence-electron chi connectivity index (χ1n) is 29.8. The number of alkyl halides is 15. The Kier molecular flexibility index (Phi) is 39.2. The Labute approximate surface area is 642 Å². The van der Waals surface area contributed by atoms with Crippen LogP contribution in [0, 0.1) is 0 Å². The van der Waals surface area contributed by atoms with E-state index in [1.807, 2.05) is 24.4 Å². The standard InChI is InChI=1S/C15H19N3O4.C10H6F3N3O2.C10H11N3O2.C9H6F3N3O.C8H7N3O.C7H7N3.C2HF3O.3CH2Cl2.CH4/c1-5-21-13(19)11-9-16-18-7-6-10(8-12(11)18)17-14(20)22-15(2,3)4;11-10(12,13)9(18)15-7-1-2-16-8(3-7)6(5-17)4-14-16;1-2-15-10(14)8-6-12-13-4-3-7(11)5-9(8)13;10-9(11,12)8(16)14-6-2-4-15-7(5-6)1-3-13-15;9-7-1-2-11-8(3-7)6(5-12)4-10-11;8-6-2-4-10-7(5-6)1-3-9-10;3-2(4,5)1-6;3*2-1-3;/h6-9H,5H2,1-4H3,(H,17,20);1-5H,(H,15,18);3-6H,2,11H2,1H3;1-5H,(H,14,16);1-5H,9H2;1-5H,8H2;1H;3*1H2;1H4.